The molecule has 1 N–H and O–H groups in total. The van der Waals surface area contributed by atoms with Crippen molar-refractivity contribution < 1.29 is 28.7 Å². The molecule has 6 heteroatoms. The Hall–Kier alpha value is -3.25. The number of imide groups is 1. The zero-order valence-electron chi connectivity index (χ0n) is 20.4. The Morgan fingerprint density at radius 3 is 2.03 bits per heavy atom. The van der Waals surface area contributed by atoms with Gasteiger partial charge in [0.25, 0.3) is 0 Å². The first-order chi connectivity index (χ1) is 16.1. The van der Waals surface area contributed by atoms with Crippen LogP contribution in [0.15, 0.2) is 72.3 Å². The van der Waals surface area contributed by atoms with Crippen molar-refractivity contribution in [1.29, 1.82) is 0 Å². The number of hydrogen-bond acceptors (Lipinski definition) is 4. The average molecular weight is 465 g/mol. The maximum atomic E-state index is 13.5. The lowest BCUT2D eigenvalue weighted by atomic mass is 9.87. The van der Waals surface area contributed by atoms with Gasteiger partial charge in [0.15, 0.2) is 0 Å². The molecule has 1 heterocycles. The van der Waals surface area contributed by atoms with Crippen LogP contribution in [0.1, 0.15) is 64.0 Å². The van der Waals surface area contributed by atoms with Crippen molar-refractivity contribution in [3.8, 4) is 0 Å². The zero-order valence-corrected chi connectivity index (χ0v) is 20.4. The molecule has 0 radical (unpaired) electrons. The zero-order chi connectivity index (χ0) is 24.9. The second kappa shape index (κ2) is 10.3. The highest BCUT2D eigenvalue weighted by molar-refractivity contribution is 5.99. The number of hydrogen-bond donors (Lipinski definition) is 1. The Morgan fingerprint density at radius 2 is 1.59 bits per heavy atom. The van der Waals surface area contributed by atoms with Crippen molar-refractivity contribution in [3.05, 3.63) is 83.4 Å². The summed E-state index contributed by atoms with van der Waals surface area (Å²) in [5.74, 6) is -1.50. The second-order valence-electron chi connectivity index (χ2n) is 9.71. The largest absolute Gasteiger partial charge is 0.525 e. The van der Waals surface area contributed by atoms with Gasteiger partial charge in [-0.1, -0.05) is 66.7 Å². The van der Waals surface area contributed by atoms with Crippen LogP contribution in [0.25, 0.3) is 0 Å². The predicted octanol–water partition coefficient (Wildman–Crippen LogP) is 5.68. The fourth-order valence-electron chi connectivity index (χ4n) is 4.66. The summed E-state index contributed by atoms with van der Waals surface area (Å²) >= 11 is 0. The molecule has 2 aromatic carbocycles. The summed E-state index contributed by atoms with van der Waals surface area (Å²) in [6.07, 6.45) is 2.36. The molecular formula is C28H34NO5+. The van der Waals surface area contributed by atoms with E-state index < -0.39 is 34.1 Å². The highest BCUT2D eigenvalue weighted by Crippen LogP contribution is 2.36. The number of carbonyl (C=O) groups is 3. The average Bonchev–Trinajstić information content (AvgIpc) is 3.09. The fourth-order valence-corrected chi connectivity index (χ4v) is 4.66. The molecular weight excluding hydrogens is 430 g/mol. The highest BCUT2D eigenvalue weighted by Gasteiger charge is 2.62. The fraction of sp³-hybridized carbons (Fsp3) is 0.393. The van der Waals surface area contributed by atoms with Gasteiger partial charge < -0.3 is 9.84 Å². The molecule has 6 nitrogen and oxygen atoms in total. The summed E-state index contributed by atoms with van der Waals surface area (Å²) in [6.45, 7) is 6.80. The highest BCUT2D eigenvalue weighted by atomic mass is 16.6. The third-order valence-electron chi connectivity index (χ3n) is 6.34. The summed E-state index contributed by atoms with van der Waals surface area (Å²) in [6, 6.07) is 19.2. The molecule has 0 aliphatic carbocycles. The van der Waals surface area contributed by atoms with E-state index in [9.17, 15) is 19.5 Å². The summed E-state index contributed by atoms with van der Waals surface area (Å²) < 4.78 is 4.66. The summed E-state index contributed by atoms with van der Waals surface area (Å²) in [7, 11) is 0. The minimum absolute atomic E-state index is 0.0165. The van der Waals surface area contributed by atoms with Crippen LogP contribution in [-0.2, 0) is 14.3 Å². The molecule has 0 aromatic heterocycles. The second-order valence-corrected chi connectivity index (χ2v) is 9.71. The van der Waals surface area contributed by atoms with E-state index in [1.807, 2.05) is 42.5 Å². The van der Waals surface area contributed by atoms with Crippen LogP contribution in [-0.4, -0.2) is 45.7 Å². The first-order valence-corrected chi connectivity index (χ1v) is 11.8. The number of carbonyl (C=O) groups excluding carboxylic acids is 2. The third kappa shape index (κ3) is 5.28. The smallest absolute Gasteiger partial charge is 0.477 e. The van der Waals surface area contributed by atoms with Crippen molar-refractivity contribution in [2.75, 3.05) is 6.54 Å². The number of aliphatic carboxylic acids is 1. The van der Waals surface area contributed by atoms with Gasteiger partial charge in [0.05, 0.1) is 12.1 Å². The van der Waals surface area contributed by atoms with Gasteiger partial charge in [-0.3, -0.25) is 0 Å². The van der Waals surface area contributed by atoms with Crippen LogP contribution >= 0.6 is 0 Å². The Kier molecular flexibility index (Phi) is 7.72. The van der Waals surface area contributed by atoms with Crippen molar-refractivity contribution in [1.82, 2.24) is 0 Å². The molecule has 1 saturated heterocycles. The molecule has 0 spiro atoms. The summed E-state index contributed by atoms with van der Waals surface area (Å²) in [5.41, 5.74) is 1.92. The Bertz CT molecular complexity index is 1020. The van der Waals surface area contributed by atoms with Gasteiger partial charge in [0.2, 0.25) is 6.04 Å². The van der Waals surface area contributed by atoms with Crippen molar-refractivity contribution in [3.63, 3.8) is 0 Å². The van der Waals surface area contributed by atoms with E-state index in [2.05, 4.69) is 24.3 Å². The first-order valence-electron chi connectivity index (χ1n) is 11.8. The number of likely N-dealkylation sites (tertiary alicyclic amines) is 1. The number of nitrogens with zero attached hydrogens (tertiary/aromatic N) is 1. The minimum Gasteiger partial charge on any atom is -0.477 e. The molecule has 2 amide bonds. The number of quaternary nitrogens is 1. The molecule has 2 aromatic rings. The van der Waals surface area contributed by atoms with Crippen LogP contribution in [0.4, 0.5) is 4.79 Å². The van der Waals surface area contributed by atoms with Gasteiger partial charge in [-0.05, 0) is 51.7 Å². The SMILES string of the molecule is CC[N+]1(C(=O)OC(C)(C)C)C(=O)/C(=C/CCC(c2ccccc2)c2ccccc2)C[C@H]1C(=O)O. The van der Waals surface area contributed by atoms with E-state index in [1.165, 1.54) is 11.1 Å². The van der Waals surface area contributed by atoms with Crippen molar-refractivity contribution in [2.24, 2.45) is 0 Å². The number of ether oxygens (including phenoxy) is 1. The van der Waals surface area contributed by atoms with Gasteiger partial charge in [-0.15, -0.1) is 4.48 Å². The first kappa shape index (κ1) is 25.4. The van der Waals surface area contributed by atoms with E-state index >= 15 is 0 Å². The molecule has 1 unspecified atom stereocenters. The molecule has 2 atom stereocenters. The van der Waals surface area contributed by atoms with E-state index in [4.69, 9.17) is 4.74 Å². The molecule has 0 saturated carbocycles. The van der Waals surface area contributed by atoms with E-state index in [1.54, 1.807) is 27.7 Å². The molecule has 1 aliphatic heterocycles. The van der Waals surface area contributed by atoms with Gasteiger partial charge in [-0.2, -0.15) is 4.79 Å². The van der Waals surface area contributed by atoms with Gasteiger partial charge in [-0.25, -0.2) is 9.59 Å². The lowest BCUT2D eigenvalue weighted by Crippen LogP contribution is -2.62. The Balaban J connectivity index is 1.87. The standard InChI is InChI=1S/C28H33NO5/c1-5-29(27(33)34-28(2,3)4)24(26(31)32)19-22(25(29)30)17-12-18-23(20-13-8-6-9-14-20)21-15-10-7-11-16-21/h6-11,13-17,23-24H,5,12,18-19H2,1-4H3/p+1/b22-17+/t24-,29?/m0/s1. The Morgan fingerprint density at radius 1 is 1.06 bits per heavy atom. The quantitative estimate of drug-likeness (QED) is 0.421. The number of allylic oxidation sites excluding steroid dienone is 1. The lowest BCUT2D eigenvalue weighted by Gasteiger charge is -2.32. The third-order valence-corrected chi connectivity index (χ3v) is 6.34. The molecule has 0 bridgehead atoms. The summed E-state index contributed by atoms with van der Waals surface area (Å²) in [4.78, 5) is 38.6. The maximum Gasteiger partial charge on any atom is 0.525 e. The normalized spacial score (nSPS) is 21.7. The number of benzene rings is 2. The minimum atomic E-state index is -1.18. The van der Waals surface area contributed by atoms with E-state index in [0.29, 0.717) is 12.0 Å². The van der Waals surface area contributed by atoms with Crippen molar-refractivity contribution in [2.45, 2.75) is 64.5 Å². The van der Waals surface area contributed by atoms with Crippen molar-refractivity contribution >= 4 is 18.0 Å². The van der Waals surface area contributed by atoms with Crippen LogP contribution < -0.4 is 0 Å². The number of likely N-dealkylation sites (N-methyl/N-ethyl adjacent to an activating group) is 1. The van der Waals surface area contributed by atoms with Crippen LogP contribution in [0.3, 0.4) is 0 Å². The topological polar surface area (TPSA) is 80.7 Å². The summed E-state index contributed by atoms with van der Waals surface area (Å²) in [5, 5.41) is 9.87. The number of carboxylic acid groups (broad SMARTS) is 1. The molecule has 1 aliphatic rings. The van der Waals surface area contributed by atoms with Crippen LogP contribution in [0, 0.1) is 0 Å². The van der Waals surface area contributed by atoms with Gasteiger partial charge >= 0.3 is 18.0 Å². The maximum absolute atomic E-state index is 13.5. The van der Waals surface area contributed by atoms with Crippen LogP contribution in [0.2, 0.25) is 0 Å². The number of rotatable bonds is 7. The van der Waals surface area contributed by atoms with Crippen LogP contribution in [0.5, 0.6) is 0 Å². The molecule has 180 valence electrons. The number of carboxylic acids is 1. The monoisotopic (exact) mass is 464 g/mol. The molecule has 1 fully saturated rings. The molecule has 34 heavy (non-hydrogen) atoms. The van der Waals surface area contributed by atoms with Gasteiger partial charge in [0.1, 0.15) is 5.60 Å². The van der Waals surface area contributed by atoms with E-state index in [0.717, 1.165) is 6.42 Å². The molecule has 3 rings (SSSR count). The van der Waals surface area contributed by atoms with E-state index in [-0.39, 0.29) is 18.9 Å². The predicted molar refractivity (Wildman–Crippen MR) is 130 cm³/mol. The Labute approximate surface area is 201 Å². The van der Waals surface area contributed by atoms with Gasteiger partial charge in [0, 0.05) is 12.3 Å². The number of amides is 2. The lowest BCUT2D eigenvalue weighted by molar-refractivity contribution is -0.789.